The van der Waals surface area contributed by atoms with Crippen LogP contribution in [-0.4, -0.2) is 49.1 Å². The van der Waals surface area contributed by atoms with Crippen molar-refractivity contribution in [2.45, 2.75) is 19.9 Å². The fraction of sp³-hybridized carbons (Fsp3) is 0.467. The average Bonchev–Trinajstić information content (AvgIpc) is 2.45. The van der Waals surface area contributed by atoms with Crippen LogP contribution in [0.2, 0.25) is 0 Å². The number of hydrogen-bond acceptors (Lipinski definition) is 4. The number of halogens is 1. The summed E-state index contributed by atoms with van der Waals surface area (Å²) in [6.45, 7) is 5.03. The van der Waals surface area contributed by atoms with Crippen molar-refractivity contribution in [1.29, 1.82) is 0 Å². The highest BCUT2D eigenvalue weighted by Gasteiger charge is 2.33. The smallest absolute Gasteiger partial charge is 0.330 e. The number of aryl methyl sites for hydroxylation is 1. The summed E-state index contributed by atoms with van der Waals surface area (Å²) in [4.78, 5) is 25.9. The minimum Gasteiger partial charge on any atom is -0.464 e. The van der Waals surface area contributed by atoms with Crippen molar-refractivity contribution in [2.24, 2.45) is 0 Å². The number of amides is 1. The predicted molar refractivity (Wildman–Crippen MR) is 75.5 cm³/mol. The van der Waals surface area contributed by atoms with Gasteiger partial charge in [0.15, 0.2) is 0 Å². The Morgan fingerprint density at radius 1 is 1.43 bits per heavy atom. The molecule has 1 amide bonds. The number of rotatable bonds is 3. The molecule has 2 rings (SSSR count). The molecule has 1 heterocycles. The summed E-state index contributed by atoms with van der Waals surface area (Å²) < 4.78 is 18.5. The highest BCUT2D eigenvalue weighted by atomic mass is 19.1. The molecule has 1 aromatic rings. The SMILES string of the molecule is CCOC(=O)C1CNCCN1C(=O)c1cc(C)cc(F)c1. The number of piperazine rings is 1. The van der Waals surface area contributed by atoms with Crippen LogP contribution in [0, 0.1) is 12.7 Å². The van der Waals surface area contributed by atoms with E-state index in [0.717, 1.165) is 0 Å². The second-order valence-electron chi connectivity index (χ2n) is 4.99. The van der Waals surface area contributed by atoms with Gasteiger partial charge in [-0.25, -0.2) is 9.18 Å². The minimum absolute atomic E-state index is 0.253. The third-order valence-electron chi connectivity index (χ3n) is 3.35. The summed E-state index contributed by atoms with van der Waals surface area (Å²) in [5.74, 6) is -1.25. The van der Waals surface area contributed by atoms with Gasteiger partial charge in [-0.05, 0) is 37.6 Å². The van der Waals surface area contributed by atoms with Crippen molar-refractivity contribution in [3.8, 4) is 0 Å². The molecule has 0 saturated carbocycles. The van der Waals surface area contributed by atoms with Gasteiger partial charge in [-0.3, -0.25) is 4.79 Å². The van der Waals surface area contributed by atoms with Gasteiger partial charge >= 0.3 is 5.97 Å². The first-order valence-electron chi connectivity index (χ1n) is 6.98. The van der Waals surface area contributed by atoms with Gasteiger partial charge in [-0.2, -0.15) is 0 Å². The van der Waals surface area contributed by atoms with Crippen molar-refractivity contribution in [2.75, 3.05) is 26.2 Å². The zero-order valence-corrected chi connectivity index (χ0v) is 12.2. The Balaban J connectivity index is 2.24. The zero-order valence-electron chi connectivity index (χ0n) is 12.2. The molecule has 0 bridgehead atoms. The third kappa shape index (κ3) is 3.58. The Bertz CT molecular complexity index is 527. The second-order valence-corrected chi connectivity index (χ2v) is 4.99. The molecule has 1 N–H and O–H groups in total. The van der Waals surface area contributed by atoms with E-state index in [1.807, 2.05) is 0 Å². The van der Waals surface area contributed by atoms with Gasteiger partial charge in [0.2, 0.25) is 0 Å². The van der Waals surface area contributed by atoms with Crippen LogP contribution >= 0.6 is 0 Å². The van der Waals surface area contributed by atoms with Gasteiger partial charge in [-0.1, -0.05) is 0 Å². The number of ether oxygens (including phenoxy) is 1. The van der Waals surface area contributed by atoms with E-state index in [0.29, 0.717) is 25.2 Å². The maximum atomic E-state index is 13.5. The van der Waals surface area contributed by atoms with Crippen molar-refractivity contribution in [1.82, 2.24) is 10.2 Å². The van der Waals surface area contributed by atoms with E-state index in [9.17, 15) is 14.0 Å². The van der Waals surface area contributed by atoms with Gasteiger partial charge in [0.05, 0.1) is 6.61 Å². The van der Waals surface area contributed by atoms with Crippen LogP contribution in [0.4, 0.5) is 4.39 Å². The summed E-state index contributed by atoms with van der Waals surface area (Å²) >= 11 is 0. The lowest BCUT2D eigenvalue weighted by molar-refractivity contribution is -0.149. The number of esters is 1. The maximum absolute atomic E-state index is 13.5. The lowest BCUT2D eigenvalue weighted by Gasteiger charge is -2.34. The summed E-state index contributed by atoms with van der Waals surface area (Å²) in [6.07, 6.45) is 0. The molecule has 0 aliphatic carbocycles. The van der Waals surface area contributed by atoms with Crippen molar-refractivity contribution in [3.63, 3.8) is 0 Å². The Morgan fingerprint density at radius 3 is 2.86 bits per heavy atom. The highest BCUT2D eigenvalue weighted by molar-refractivity contribution is 5.97. The topological polar surface area (TPSA) is 58.6 Å². The normalized spacial score (nSPS) is 18.4. The van der Waals surface area contributed by atoms with Crippen LogP contribution in [0.25, 0.3) is 0 Å². The van der Waals surface area contributed by atoms with E-state index >= 15 is 0 Å². The molecule has 21 heavy (non-hydrogen) atoms. The van der Waals surface area contributed by atoms with Gasteiger partial charge in [0.1, 0.15) is 11.9 Å². The monoisotopic (exact) mass is 294 g/mol. The minimum atomic E-state index is -0.672. The first-order valence-corrected chi connectivity index (χ1v) is 6.98. The molecule has 6 heteroatoms. The summed E-state index contributed by atoms with van der Waals surface area (Å²) in [6, 6.07) is 3.50. The van der Waals surface area contributed by atoms with Crippen LogP contribution in [0.1, 0.15) is 22.8 Å². The van der Waals surface area contributed by atoms with E-state index in [1.165, 1.54) is 17.0 Å². The largest absolute Gasteiger partial charge is 0.464 e. The van der Waals surface area contributed by atoms with Crippen LogP contribution < -0.4 is 5.32 Å². The van der Waals surface area contributed by atoms with Crippen molar-refractivity contribution >= 4 is 11.9 Å². The molecule has 0 spiro atoms. The van der Waals surface area contributed by atoms with Crippen LogP contribution in [0.5, 0.6) is 0 Å². The molecule has 0 radical (unpaired) electrons. The summed E-state index contributed by atoms with van der Waals surface area (Å²) in [5, 5.41) is 3.06. The highest BCUT2D eigenvalue weighted by Crippen LogP contribution is 2.15. The standard InChI is InChI=1S/C15H19FN2O3/c1-3-21-15(20)13-9-17-4-5-18(13)14(19)11-6-10(2)7-12(16)8-11/h6-8,13,17H,3-5,9H2,1-2H3. The number of carbonyl (C=O) groups excluding carboxylic acids is 2. The molecule has 0 aromatic heterocycles. The Labute approximate surface area is 123 Å². The molecule has 1 aliphatic heterocycles. The molecule has 1 saturated heterocycles. The van der Waals surface area contributed by atoms with Gasteiger partial charge in [0.25, 0.3) is 5.91 Å². The number of carbonyl (C=O) groups is 2. The molecular formula is C15H19FN2O3. The zero-order chi connectivity index (χ0) is 15.4. The first kappa shape index (κ1) is 15.4. The molecule has 114 valence electrons. The van der Waals surface area contributed by atoms with E-state index in [4.69, 9.17) is 4.74 Å². The van der Waals surface area contributed by atoms with Crippen LogP contribution in [-0.2, 0) is 9.53 Å². The summed E-state index contributed by atoms with van der Waals surface area (Å²) in [5.41, 5.74) is 0.921. The molecule has 1 fully saturated rings. The molecule has 1 atom stereocenters. The lowest BCUT2D eigenvalue weighted by Crippen LogP contribution is -2.57. The number of nitrogens with zero attached hydrogens (tertiary/aromatic N) is 1. The fourth-order valence-corrected chi connectivity index (χ4v) is 2.42. The van der Waals surface area contributed by atoms with E-state index in [-0.39, 0.29) is 18.1 Å². The summed E-state index contributed by atoms with van der Waals surface area (Å²) in [7, 11) is 0. The van der Waals surface area contributed by atoms with Crippen molar-refractivity contribution < 1.29 is 18.7 Å². The Hall–Kier alpha value is -1.95. The second kappa shape index (κ2) is 6.67. The number of nitrogens with one attached hydrogen (secondary N) is 1. The van der Waals surface area contributed by atoms with Crippen LogP contribution in [0.15, 0.2) is 18.2 Å². The Kier molecular flexibility index (Phi) is 4.90. The lowest BCUT2D eigenvalue weighted by atomic mass is 10.1. The molecule has 1 unspecified atom stereocenters. The van der Waals surface area contributed by atoms with Gasteiger partial charge < -0.3 is 15.0 Å². The first-order chi connectivity index (χ1) is 10.0. The molecule has 5 nitrogen and oxygen atoms in total. The maximum Gasteiger partial charge on any atom is 0.330 e. The van der Waals surface area contributed by atoms with E-state index in [1.54, 1.807) is 19.9 Å². The van der Waals surface area contributed by atoms with E-state index in [2.05, 4.69) is 5.32 Å². The predicted octanol–water partition coefficient (Wildman–Crippen LogP) is 1.11. The number of hydrogen-bond donors (Lipinski definition) is 1. The van der Waals surface area contributed by atoms with Crippen LogP contribution in [0.3, 0.4) is 0 Å². The third-order valence-corrected chi connectivity index (χ3v) is 3.35. The van der Waals surface area contributed by atoms with E-state index < -0.39 is 17.8 Å². The molecule has 1 aromatic carbocycles. The molecular weight excluding hydrogens is 275 g/mol. The fourth-order valence-electron chi connectivity index (χ4n) is 2.42. The van der Waals surface area contributed by atoms with Gasteiger partial charge in [-0.15, -0.1) is 0 Å². The average molecular weight is 294 g/mol. The van der Waals surface area contributed by atoms with Crippen molar-refractivity contribution in [3.05, 3.63) is 35.1 Å². The number of benzene rings is 1. The quantitative estimate of drug-likeness (QED) is 0.849. The Morgan fingerprint density at radius 2 is 2.19 bits per heavy atom. The molecule has 1 aliphatic rings. The van der Waals surface area contributed by atoms with Gasteiger partial charge in [0, 0.05) is 25.2 Å².